The van der Waals surface area contributed by atoms with Crippen molar-refractivity contribution in [3.63, 3.8) is 0 Å². The van der Waals surface area contributed by atoms with Gasteiger partial charge in [0, 0.05) is 5.92 Å². The zero-order valence-electron chi connectivity index (χ0n) is 12.4. The predicted molar refractivity (Wildman–Crippen MR) is 73.3 cm³/mol. The van der Waals surface area contributed by atoms with Crippen molar-refractivity contribution in [3.8, 4) is 0 Å². The van der Waals surface area contributed by atoms with E-state index in [2.05, 4.69) is 10.1 Å². The van der Waals surface area contributed by atoms with Gasteiger partial charge in [0.2, 0.25) is 5.89 Å². The summed E-state index contributed by atoms with van der Waals surface area (Å²) in [6, 6.07) is 0. The van der Waals surface area contributed by atoms with Crippen LogP contribution in [-0.4, -0.2) is 38.2 Å². The van der Waals surface area contributed by atoms with Crippen molar-refractivity contribution in [1.82, 2.24) is 15.0 Å². The third-order valence-corrected chi connectivity index (χ3v) is 4.01. The highest BCUT2D eigenvalue weighted by molar-refractivity contribution is 5.79. The zero-order valence-corrected chi connectivity index (χ0v) is 12.4. The summed E-state index contributed by atoms with van der Waals surface area (Å²) in [6.07, 6.45) is 3.11. The first-order chi connectivity index (χ1) is 9.49. The van der Waals surface area contributed by atoms with Crippen molar-refractivity contribution >= 4 is 5.97 Å². The van der Waals surface area contributed by atoms with Gasteiger partial charge in [0.15, 0.2) is 5.82 Å². The molecule has 112 valence electrons. The van der Waals surface area contributed by atoms with E-state index >= 15 is 0 Å². The summed E-state index contributed by atoms with van der Waals surface area (Å²) in [5.41, 5.74) is -0.763. The molecule has 0 spiro atoms. The lowest BCUT2D eigenvalue weighted by atomic mass is 9.90. The number of nitrogens with zero attached hydrogens (tertiary/aromatic N) is 3. The van der Waals surface area contributed by atoms with Gasteiger partial charge in [-0.3, -0.25) is 9.69 Å². The maximum Gasteiger partial charge on any atom is 0.324 e. The monoisotopic (exact) mass is 281 g/mol. The van der Waals surface area contributed by atoms with E-state index < -0.39 is 11.5 Å². The fourth-order valence-electron chi connectivity index (χ4n) is 2.94. The molecule has 2 heterocycles. The summed E-state index contributed by atoms with van der Waals surface area (Å²) in [5, 5.41) is 13.6. The smallest absolute Gasteiger partial charge is 0.324 e. The lowest BCUT2D eigenvalue weighted by Gasteiger charge is -2.33. The molecule has 1 atom stereocenters. The molecule has 2 rings (SSSR count). The minimum Gasteiger partial charge on any atom is -0.480 e. The summed E-state index contributed by atoms with van der Waals surface area (Å²) in [4.78, 5) is 18.0. The lowest BCUT2D eigenvalue weighted by Crippen LogP contribution is -2.50. The average Bonchev–Trinajstić information content (AvgIpc) is 2.99. The van der Waals surface area contributed by atoms with E-state index in [0.29, 0.717) is 31.1 Å². The van der Waals surface area contributed by atoms with E-state index in [-0.39, 0.29) is 5.92 Å². The maximum absolute atomic E-state index is 11.7. The van der Waals surface area contributed by atoms with Crippen molar-refractivity contribution in [3.05, 3.63) is 11.7 Å². The zero-order chi connectivity index (χ0) is 14.8. The standard InChI is InChI=1S/C14H23N3O3/c1-4-6-14(13(18)19)7-5-8-17(14)9-11-15-12(10(2)3)16-20-11/h10H,4-9H2,1-3H3,(H,18,19). The number of carbonyl (C=O) groups is 1. The molecule has 0 aromatic carbocycles. The van der Waals surface area contributed by atoms with Crippen LogP contribution in [-0.2, 0) is 11.3 Å². The predicted octanol–water partition coefficient (Wildman–Crippen LogP) is 2.41. The van der Waals surface area contributed by atoms with Crippen molar-refractivity contribution in [2.45, 2.75) is 64.5 Å². The van der Waals surface area contributed by atoms with Gasteiger partial charge >= 0.3 is 5.97 Å². The van der Waals surface area contributed by atoms with Crippen LogP contribution in [0.25, 0.3) is 0 Å². The van der Waals surface area contributed by atoms with E-state index in [9.17, 15) is 9.90 Å². The van der Waals surface area contributed by atoms with Gasteiger partial charge < -0.3 is 9.63 Å². The number of likely N-dealkylation sites (tertiary alicyclic amines) is 1. The molecule has 0 radical (unpaired) electrons. The van der Waals surface area contributed by atoms with Crippen molar-refractivity contribution < 1.29 is 14.4 Å². The SMILES string of the molecule is CCCC1(C(=O)O)CCCN1Cc1nc(C(C)C)no1. The molecule has 20 heavy (non-hydrogen) atoms. The Bertz CT molecular complexity index is 472. The van der Waals surface area contributed by atoms with Crippen LogP contribution in [0, 0.1) is 0 Å². The molecule has 1 fully saturated rings. The summed E-state index contributed by atoms with van der Waals surface area (Å²) in [5.74, 6) is 0.666. The first-order valence-corrected chi connectivity index (χ1v) is 7.30. The van der Waals surface area contributed by atoms with E-state index in [1.54, 1.807) is 0 Å². The Morgan fingerprint density at radius 2 is 2.30 bits per heavy atom. The molecular weight excluding hydrogens is 258 g/mol. The van der Waals surface area contributed by atoms with Gasteiger partial charge in [0.1, 0.15) is 5.54 Å². The second-order valence-corrected chi connectivity index (χ2v) is 5.81. The Morgan fingerprint density at radius 1 is 1.55 bits per heavy atom. The second-order valence-electron chi connectivity index (χ2n) is 5.81. The van der Waals surface area contributed by atoms with Crippen LogP contribution in [0.3, 0.4) is 0 Å². The van der Waals surface area contributed by atoms with Crippen LogP contribution in [0.2, 0.25) is 0 Å². The molecule has 1 aliphatic heterocycles. The number of rotatable bonds is 6. The van der Waals surface area contributed by atoms with E-state index in [1.165, 1.54) is 0 Å². The number of hydrogen-bond donors (Lipinski definition) is 1. The van der Waals surface area contributed by atoms with Crippen LogP contribution in [0.1, 0.15) is 64.1 Å². The number of carboxylic acid groups (broad SMARTS) is 1. The second kappa shape index (κ2) is 5.91. The van der Waals surface area contributed by atoms with Gasteiger partial charge in [0.05, 0.1) is 6.54 Å². The van der Waals surface area contributed by atoms with E-state index in [0.717, 1.165) is 19.4 Å². The summed E-state index contributed by atoms with van der Waals surface area (Å²) in [6.45, 7) is 7.22. The molecule has 0 bridgehead atoms. The third kappa shape index (κ3) is 2.70. The van der Waals surface area contributed by atoms with Crippen LogP contribution in [0.15, 0.2) is 4.52 Å². The van der Waals surface area contributed by atoms with Crippen LogP contribution >= 0.6 is 0 Å². The molecule has 0 saturated carbocycles. The van der Waals surface area contributed by atoms with Gasteiger partial charge in [-0.15, -0.1) is 0 Å². The van der Waals surface area contributed by atoms with Crippen molar-refractivity contribution in [2.24, 2.45) is 0 Å². The molecule has 6 heteroatoms. The first-order valence-electron chi connectivity index (χ1n) is 7.30. The molecule has 1 aromatic rings. The molecule has 6 nitrogen and oxygen atoms in total. The Labute approximate surface area is 119 Å². The van der Waals surface area contributed by atoms with Gasteiger partial charge in [-0.05, 0) is 25.8 Å². The van der Waals surface area contributed by atoms with Gasteiger partial charge in [0.25, 0.3) is 0 Å². The minimum absolute atomic E-state index is 0.214. The number of hydrogen-bond acceptors (Lipinski definition) is 5. The number of carboxylic acids is 1. The molecule has 0 amide bonds. The topological polar surface area (TPSA) is 79.5 Å². The van der Waals surface area contributed by atoms with Gasteiger partial charge in [-0.25, -0.2) is 0 Å². The van der Waals surface area contributed by atoms with Crippen LogP contribution < -0.4 is 0 Å². The fourth-order valence-corrected chi connectivity index (χ4v) is 2.94. The highest BCUT2D eigenvalue weighted by atomic mass is 16.5. The Kier molecular flexibility index (Phi) is 4.42. The lowest BCUT2D eigenvalue weighted by molar-refractivity contribution is -0.150. The van der Waals surface area contributed by atoms with E-state index in [4.69, 9.17) is 4.52 Å². The van der Waals surface area contributed by atoms with Crippen molar-refractivity contribution in [2.75, 3.05) is 6.54 Å². The average molecular weight is 281 g/mol. The molecule has 0 aliphatic carbocycles. The normalized spacial score (nSPS) is 23.6. The first kappa shape index (κ1) is 15.0. The third-order valence-electron chi connectivity index (χ3n) is 4.01. The molecule has 1 unspecified atom stereocenters. The molecule has 1 N–H and O–H groups in total. The Balaban J connectivity index is 2.15. The minimum atomic E-state index is -0.763. The molecule has 1 aromatic heterocycles. The fraction of sp³-hybridized carbons (Fsp3) is 0.786. The molecule has 1 aliphatic rings. The number of aliphatic carboxylic acids is 1. The Hall–Kier alpha value is -1.43. The van der Waals surface area contributed by atoms with Crippen LogP contribution in [0.4, 0.5) is 0 Å². The van der Waals surface area contributed by atoms with Gasteiger partial charge in [-0.1, -0.05) is 32.3 Å². The van der Waals surface area contributed by atoms with Crippen LogP contribution in [0.5, 0.6) is 0 Å². The highest BCUT2D eigenvalue weighted by Gasteiger charge is 2.47. The Morgan fingerprint density at radius 3 is 2.85 bits per heavy atom. The highest BCUT2D eigenvalue weighted by Crippen LogP contribution is 2.35. The van der Waals surface area contributed by atoms with Gasteiger partial charge in [-0.2, -0.15) is 4.98 Å². The quantitative estimate of drug-likeness (QED) is 0.862. The number of aromatic nitrogens is 2. The summed E-state index contributed by atoms with van der Waals surface area (Å²) in [7, 11) is 0. The largest absolute Gasteiger partial charge is 0.480 e. The summed E-state index contributed by atoms with van der Waals surface area (Å²) >= 11 is 0. The maximum atomic E-state index is 11.7. The van der Waals surface area contributed by atoms with E-state index in [1.807, 2.05) is 25.7 Å². The molecule has 1 saturated heterocycles. The molecular formula is C14H23N3O3. The summed E-state index contributed by atoms with van der Waals surface area (Å²) < 4.78 is 5.24. The van der Waals surface area contributed by atoms with Crippen molar-refractivity contribution in [1.29, 1.82) is 0 Å².